The highest BCUT2D eigenvalue weighted by Crippen LogP contribution is 2.17. The molecule has 0 aromatic carbocycles. The first-order chi connectivity index (χ1) is 7.57. The van der Waals surface area contributed by atoms with Gasteiger partial charge in [0.05, 0.1) is 16.7 Å². The first-order valence-electron chi connectivity index (χ1n) is 5.04. The van der Waals surface area contributed by atoms with Crippen LogP contribution in [-0.4, -0.2) is 35.3 Å². The molecular formula is C10H16BrN3O2. The summed E-state index contributed by atoms with van der Waals surface area (Å²) in [6.07, 6.45) is 2.98. The molecule has 1 rings (SSSR count). The molecule has 0 spiro atoms. The normalized spacial score (nSPS) is 12.8. The van der Waals surface area contributed by atoms with Crippen molar-refractivity contribution in [2.75, 3.05) is 13.7 Å². The molecule has 16 heavy (non-hydrogen) atoms. The second kappa shape index (κ2) is 6.12. The smallest absolute Gasteiger partial charge is 0.198 e. The Morgan fingerprint density at radius 2 is 2.44 bits per heavy atom. The van der Waals surface area contributed by atoms with Crippen LogP contribution in [0.25, 0.3) is 0 Å². The number of hydrogen-bond donors (Lipinski definition) is 1. The van der Waals surface area contributed by atoms with E-state index in [1.165, 1.54) is 4.68 Å². The summed E-state index contributed by atoms with van der Waals surface area (Å²) in [5, 5.41) is 3.98. The van der Waals surface area contributed by atoms with Crippen molar-refractivity contribution >= 4 is 21.7 Å². The molecule has 90 valence electrons. The van der Waals surface area contributed by atoms with E-state index in [-0.39, 0.29) is 5.78 Å². The number of aryl methyl sites for hydroxylation is 1. The SMILES string of the molecule is COCCCC(N)C(=O)c1c(Br)cnn1C. The standard InChI is InChI=1S/C10H16BrN3O2/c1-14-9(7(11)6-13-14)10(15)8(12)4-3-5-16-2/h6,8H,3-5,12H2,1-2H3. The van der Waals surface area contributed by atoms with E-state index < -0.39 is 6.04 Å². The maximum Gasteiger partial charge on any atom is 0.198 e. The van der Waals surface area contributed by atoms with Gasteiger partial charge < -0.3 is 10.5 Å². The van der Waals surface area contributed by atoms with E-state index in [9.17, 15) is 4.79 Å². The molecule has 1 heterocycles. The zero-order chi connectivity index (χ0) is 12.1. The van der Waals surface area contributed by atoms with Crippen LogP contribution in [0.3, 0.4) is 0 Å². The number of methoxy groups -OCH3 is 1. The Kier molecular flexibility index (Phi) is 5.11. The summed E-state index contributed by atoms with van der Waals surface area (Å²) in [4.78, 5) is 12.0. The van der Waals surface area contributed by atoms with Crippen molar-refractivity contribution in [1.29, 1.82) is 0 Å². The Hall–Kier alpha value is -0.720. The minimum Gasteiger partial charge on any atom is -0.385 e. The van der Waals surface area contributed by atoms with Crippen LogP contribution in [0, 0.1) is 0 Å². The molecule has 1 aromatic heterocycles. The molecule has 0 bridgehead atoms. The van der Waals surface area contributed by atoms with Gasteiger partial charge in [0.1, 0.15) is 5.69 Å². The van der Waals surface area contributed by atoms with Crippen molar-refractivity contribution in [1.82, 2.24) is 9.78 Å². The molecule has 0 aliphatic carbocycles. The molecule has 0 radical (unpaired) electrons. The van der Waals surface area contributed by atoms with Crippen LogP contribution in [0.4, 0.5) is 0 Å². The summed E-state index contributed by atoms with van der Waals surface area (Å²) in [7, 11) is 3.35. The Bertz CT molecular complexity index is 345. The number of hydrogen-bond acceptors (Lipinski definition) is 4. The van der Waals surface area contributed by atoms with Crippen LogP contribution in [0.15, 0.2) is 10.7 Å². The number of rotatable bonds is 6. The van der Waals surface area contributed by atoms with Crippen LogP contribution >= 0.6 is 15.9 Å². The van der Waals surface area contributed by atoms with Crippen molar-refractivity contribution in [2.45, 2.75) is 18.9 Å². The lowest BCUT2D eigenvalue weighted by Crippen LogP contribution is -2.32. The van der Waals surface area contributed by atoms with Crippen LogP contribution in [-0.2, 0) is 11.8 Å². The van der Waals surface area contributed by atoms with Gasteiger partial charge in [-0.15, -0.1) is 0 Å². The minimum absolute atomic E-state index is 0.0945. The summed E-state index contributed by atoms with van der Waals surface area (Å²) >= 11 is 3.28. The number of aromatic nitrogens is 2. The van der Waals surface area contributed by atoms with Crippen LogP contribution in [0.1, 0.15) is 23.3 Å². The second-order valence-corrected chi connectivity index (χ2v) is 4.42. The number of carbonyl (C=O) groups is 1. The number of carbonyl (C=O) groups excluding carboxylic acids is 1. The molecular weight excluding hydrogens is 274 g/mol. The fourth-order valence-electron chi connectivity index (χ4n) is 1.44. The zero-order valence-corrected chi connectivity index (χ0v) is 11.0. The van der Waals surface area contributed by atoms with Crippen molar-refractivity contribution in [3.05, 3.63) is 16.4 Å². The van der Waals surface area contributed by atoms with Gasteiger partial charge >= 0.3 is 0 Å². The maximum atomic E-state index is 12.0. The average Bonchev–Trinajstić information content (AvgIpc) is 2.58. The molecule has 1 aromatic rings. The van der Waals surface area contributed by atoms with E-state index in [1.54, 1.807) is 20.4 Å². The molecule has 1 atom stereocenters. The van der Waals surface area contributed by atoms with E-state index in [0.717, 1.165) is 6.42 Å². The Morgan fingerprint density at radius 3 is 2.94 bits per heavy atom. The Labute approximate surface area is 103 Å². The molecule has 1 unspecified atom stereocenters. The summed E-state index contributed by atoms with van der Waals surface area (Å²) in [6, 6.07) is -0.498. The summed E-state index contributed by atoms with van der Waals surface area (Å²) in [6.45, 7) is 0.619. The van der Waals surface area contributed by atoms with Crippen molar-refractivity contribution in [2.24, 2.45) is 12.8 Å². The summed E-state index contributed by atoms with van der Waals surface area (Å²) in [5.74, 6) is -0.0945. The summed E-state index contributed by atoms with van der Waals surface area (Å²) in [5.41, 5.74) is 6.34. The van der Waals surface area contributed by atoms with Gasteiger partial charge in [0, 0.05) is 20.8 Å². The van der Waals surface area contributed by atoms with E-state index in [4.69, 9.17) is 10.5 Å². The molecule has 0 fully saturated rings. The average molecular weight is 290 g/mol. The number of nitrogens with two attached hydrogens (primary N) is 1. The van der Waals surface area contributed by atoms with Crippen molar-refractivity contribution in [3.63, 3.8) is 0 Å². The van der Waals surface area contributed by atoms with Crippen LogP contribution in [0.5, 0.6) is 0 Å². The van der Waals surface area contributed by atoms with Crippen LogP contribution < -0.4 is 5.73 Å². The third kappa shape index (κ3) is 3.13. The van der Waals surface area contributed by atoms with Gasteiger partial charge in [-0.05, 0) is 28.8 Å². The fraction of sp³-hybridized carbons (Fsp3) is 0.600. The van der Waals surface area contributed by atoms with E-state index in [0.29, 0.717) is 23.2 Å². The van der Waals surface area contributed by atoms with Crippen molar-refractivity contribution in [3.8, 4) is 0 Å². The predicted molar refractivity (Wildman–Crippen MR) is 64.3 cm³/mol. The third-order valence-electron chi connectivity index (χ3n) is 2.33. The van der Waals surface area contributed by atoms with E-state index in [2.05, 4.69) is 21.0 Å². The number of ketones is 1. The molecule has 0 aliphatic rings. The highest BCUT2D eigenvalue weighted by Gasteiger charge is 2.21. The molecule has 0 saturated heterocycles. The van der Waals surface area contributed by atoms with E-state index in [1.807, 2.05) is 0 Å². The largest absolute Gasteiger partial charge is 0.385 e. The number of halogens is 1. The highest BCUT2D eigenvalue weighted by molar-refractivity contribution is 9.10. The maximum absolute atomic E-state index is 12.0. The summed E-state index contributed by atoms with van der Waals surface area (Å²) < 4.78 is 7.13. The second-order valence-electron chi connectivity index (χ2n) is 3.57. The van der Waals surface area contributed by atoms with Gasteiger partial charge in [-0.3, -0.25) is 9.48 Å². The molecule has 5 nitrogen and oxygen atoms in total. The van der Waals surface area contributed by atoms with Gasteiger partial charge in [0.25, 0.3) is 0 Å². The predicted octanol–water partition coefficient (Wildman–Crippen LogP) is 1.12. The first-order valence-corrected chi connectivity index (χ1v) is 5.83. The van der Waals surface area contributed by atoms with Gasteiger partial charge in [-0.25, -0.2) is 0 Å². The lowest BCUT2D eigenvalue weighted by atomic mass is 10.1. The Balaban J connectivity index is 2.63. The van der Waals surface area contributed by atoms with Gasteiger partial charge in [-0.1, -0.05) is 0 Å². The molecule has 0 aliphatic heterocycles. The van der Waals surface area contributed by atoms with Crippen LogP contribution in [0.2, 0.25) is 0 Å². The monoisotopic (exact) mass is 289 g/mol. The first kappa shape index (κ1) is 13.3. The lowest BCUT2D eigenvalue weighted by Gasteiger charge is -2.10. The lowest BCUT2D eigenvalue weighted by molar-refractivity contribution is 0.0940. The van der Waals surface area contributed by atoms with E-state index >= 15 is 0 Å². The molecule has 0 amide bonds. The minimum atomic E-state index is -0.498. The Morgan fingerprint density at radius 1 is 1.75 bits per heavy atom. The van der Waals surface area contributed by atoms with Gasteiger partial charge in [-0.2, -0.15) is 5.10 Å². The van der Waals surface area contributed by atoms with Gasteiger partial charge in [0.2, 0.25) is 0 Å². The quantitative estimate of drug-likeness (QED) is 0.629. The zero-order valence-electron chi connectivity index (χ0n) is 9.44. The van der Waals surface area contributed by atoms with Crippen molar-refractivity contribution < 1.29 is 9.53 Å². The number of Topliss-reactive ketones (excluding diaryl/α,β-unsaturated/α-hetero) is 1. The van der Waals surface area contributed by atoms with Gasteiger partial charge in [0.15, 0.2) is 5.78 Å². The number of ether oxygens (including phenoxy) is 1. The molecule has 2 N–H and O–H groups in total. The molecule has 6 heteroatoms. The number of nitrogens with zero attached hydrogens (tertiary/aromatic N) is 2. The third-order valence-corrected chi connectivity index (χ3v) is 2.91. The fourth-order valence-corrected chi connectivity index (χ4v) is 1.99. The topological polar surface area (TPSA) is 70.1 Å². The molecule has 0 saturated carbocycles. The highest BCUT2D eigenvalue weighted by atomic mass is 79.9.